The van der Waals surface area contributed by atoms with Gasteiger partial charge in [-0.15, -0.1) is 0 Å². The van der Waals surface area contributed by atoms with Gasteiger partial charge in [0.2, 0.25) is 0 Å². The maximum Gasteiger partial charge on any atom is 0.286 e. The first-order valence-electron chi connectivity index (χ1n) is 2.58. The molecule has 0 radical (unpaired) electrons. The number of ether oxygens (including phenoxy) is 2. The van der Waals surface area contributed by atoms with Crippen LogP contribution in [0, 0.1) is 0 Å². The van der Waals surface area contributed by atoms with Crippen molar-refractivity contribution in [1.82, 2.24) is 0 Å². The van der Waals surface area contributed by atoms with E-state index in [9.17, 15) is 0 Å². The molecule has 0 aliphatic carbocycles. The summed E-state index contributed by atoms with van der Waals surface area (Å²) >= 11 is 0. The molecule has 1 heterocycles. The third kappa shape index (κ3) is 1.77. The van der Waals surface area contributed by atoms with Gasteiger partial charge in [0, 0.05) is 13.2 Å². The molecule has 0 aliphatic rings. The first-order valence-corrected chi connectivity index (χ1v) is 2.58. The fraction of sp³-hybridized carbons (Fsp3) is 0.333. The average molecular weight is 128 g/mol. The molecule has 0 saturated heterocycles. The molecule has 0 amide bonds. The highest BCUT2D eigenvalue weighted by Gasteiger charge is 1.90. The Balaban J connectivity index is 2.30. The van der Waals surface area contributed by atoms with Crippen LogP contribution in [0.5, 0.6) is 5.95 Å². The van der Waals surface area contributed by atoms with E-state index < -0.39 is 0 Å². The van der Waals surface area contributed by atoms with Crippen LogP contribution >= 0.6 is 0 Å². The first-order chi connectivity index (χ1) is 4.43. The second kappa shape index (κ2) is 3.14. The molecular weight excluding hydrogens is 120 g/mol. The van der Waals surface area contributed by atoms with Gasteiger partial charge in [-0.05, 0) is 6.07 Å². The van der Waals surface area contributed by atoms with Crippen molar-refractivity contribution in [3.05, 3.63) is 18.4 Å². The average Bonchev–Trinajstić information content (AvgIpc) is 2.34. The third-order valence-corrected chi connectivity index (χ3v) is 0.814. The van der Waals surface area contributed by atoms with Crippen LogP contribution in [-0.4, -0.2) is 13.9 Å². The number of methoxy groups -OCH3 is 1. The van der Waals surface area contributed by atoms with E-state index in [-0.39, 0.29) is 6.79 Å². The molecule has 9 heavy (non-hydrogen) atoms. The SMILES string of the molecule is COCOc1ccco1. The molecule has 1 aromatic heterocycles. The highest BCUT2D eigenvalue weighted by molar-refractivity contribution is 5.03. The second-order valence-corrected chi connectivity index (χ2v) is 1.48. The number of furan rings is 1. The van der Waals surface area contributed by atoms with Gasteiger partial charge in [0.1, 0.15) is 0 Å². The van der Waals surface area contributed by atoms with Crippen LogP contribution in [0.1, 0.15) is 0 Å². The van der Waals surface area contributed by atoms with E-state index in [2.05, 4.69) is 4.74 Å². The van der Waals surface area contributed by atoms with Gasteiger partial charge in [0.05, 0.1) is 6.26 Å². The summed E-state index contributed by atoms with van der Waals surface area (Å²) in [6.45, 7) is 0.230. The van der Waals surface area contributed by atoms with Crippen molar-refractivity contribution in [3.8, 4) is 5.95 Å². The van der Waals surface area contributed by atoms with E-state index >= 15 is 0 Å². The van der Waals surface area contributed by atoms with Crippen LogP contribution < -0.4 is 4.74 Å². The summed E-state index contributed by atoms with van der Waals surface area (Å²) < 4.78 is 14.4. The summed E-state index contributed by atoms with van der Waals surface area (Å²) in [6, 6.07) is 3.48. The van der Waals surface area contributed by atoms with Crippen LogP contribution in [0.25, 0.3) is 0 Å². The molecule has 3 nitrogen and oxygen atoms in total. The van der Waals surface area contributed by atoms with Crippen molar-refractivity contribution in [1.29, 1.82) is 0 Å². The largest absolute Gasteiger partial charge is 0.438 e. The molecule has 0 atom stereocenters. The molecule has 0 N–H and O–H groups in total. The van der Waals surface area contributed by atoms with E-state index in [0.717, 1.165) is 0 Å². The number of hydrogen-bond acceptors (Lipinski definition) is 3. The van der Waals surface area contributed by atoms with Gasteiger partial charge in [-0.1, -0.05) is 0 Å². The lowest BCUT2D eigenvalue weighted by Gasteiger charge is -1.97. The lowest BCUT2D eigenvalue weighted by molar-refractivity contribution is 0.0343. The van der Waals surface area contributed by atoms with Crippen LogP contribution in [0.3, 0.4) is 0 Å². The van der Waals surface area contributed by atoms with Gasteiger partial charge < -0.3 is 13.9 Å². The molecule has 0 unspecified atom stereocenters. The minimum atomic E-state index is 0.230. The smallest absolute Gasteiger partial charge is 0.286 e. The molecule has 50 valence electrons. The molecule has 0 fully saturated rings. The summed E-state index contributed by atoms with van der Waals surface area (Å²) in [5.41, 5.74) is 0. The van der Waals surface area contributed by atoms with Crippen LogP contribution in [0.2, 0.25) is 0 Å². The Hall–Kier alpha value is -0.960. The van der Waals surface area contributed by atoms with E-state index in [1.165, 1.54) is 0 Å². The maximum atomic E-state index is 4.91. The summed E-state index contributed by atoms with van der Waals surface area (Å²) in [4.78, 5) is 0. The van der Waals surface area contributed by atoms with Crippen molar-refractivity contribution in [2.75, 3.05) is 13.9 Å². The van der Waals surface area contributed by atoms with E-state index in [1.807, 2.05) is 0 Å². The van der Waals surface area contributed by atoms with Crippen LogP contribution in [-0.2, 0) is 4.74 Å². The fourth-order valence-electron chi connectivity index (χ4n) is 0.463. The summed E-state index contributed by atoms with van der Waals surface area (Å²) in [7, 11) is 1.56. The Morgan fingerprint density at radius 1 is 1.67 bits per heavy atom. The summed E-state index contributed by atoms with van der Waals surface area (Å²) in [5, 5.41) is 0. The molecule has 0 aliphatic heterocycles. The van der Waals surface area contributed by atoms with Crippen molar-refractivity contribution < 1.29 is 13.9 Å². The number of rotatable bonds is 3. The topological polar surface area (TPSA) is 31.6 Å². The third-order valence-electron chi connectivity index (χ3n) is 0.814. The summed E-state index contributed by atoms with van der Waals surface area (Å²) in [6.07, 6.45) is 1.55. The molecule has 0 spiro atoms. The Labute approximate surface area is 53.2 Å². The van der Waals surface area contributed by atoms with Gasteiger partial charge >= 0.3 is 0 Å². The van der Waals surface area contributed by atoms with Gasteiger partial charge in [-0.2, -0.15) is 0 Å². The molecule has 1 rings (SSSR count). The Morgan fingerprint density at radius 3 is 3.11 bits per heavy atom. The van der Waals surface area contributed by atoms with Gasteiger partial charge in [0.15, 0.2) is 6.79 Å². The monoisotopic (exact) mass is 128 g/mol. The Morgan fingerprint density at radius 2 is 2.56 bits per heavy atom. The molecule has 1 aromatic rings. The predicted molar refractivity (Wildman–Crippen MR) is 31.2 cm³/mol. The minimum absolute atomic E-state index is 0.230. The maximum absolute atomic E-state index is 4.91. The quantitative estimate of drug-likeness (QED) is 0.574. The highest BCUT2D eigenvalue weighted by atomic mass is 16.7. The molecule has 0 saturated carbocycles. The predicted octanol–water partition coefficient (Wildman–Crippen LogP) is 1.26. The van der Waals surface area contributed by atoms with Crippen LogP contribution in [0.4, 0.5) is 0 Å². The van der Waals surface area contributed by atoms with E-state index in [4.69, 9.17) is 9.15 Å². The molecule has 0 bridgehead atoms. The van der Waals surface area contributed by atoms with E-state index in [1.54, 1.807) is 25.5 Å². The van der Waals surface area contributed by atoms with E-state index in [0.29, 0.717) is 5.95 Å². The Kier molecular flexibility index (Phi) is 2.15. The van der Waals surface area contributed by atoms with Crippen molar-refractivity contribution in [2.45, 2.75) is 0 Å². The fourth-order valence-corrected chi connectivity index (χ4v) is 0.463. The van der Waals surface area contributed by atoms with Crippen molar-refractivity contribution >= 4 is 0 Å². The zero-order valence-corrected chi connectivity index (χ0v) is 5.16. The zero-order valence-electron chi connectivity index (χ0n) is 5.16. The molecule has 3 heteroatoms. The minimum Gasteiger partial charge on any atom is -0.438 e. The lowest BCUT2D eigenvalue weighted by atomic mass is 10.7. The lowest BCUT2D eigenvalue weighted by Crippen LogP contribution is -1.96. The normalized spacial score (nSPS) is 9.44. The first kappa shape index (κ1) is 6.16. The van der Waals surface area contributed by atoms with Gasteiger partial charge in [-0.3, -0.25) is 0 Å². The standard InChI is InChI=1S/C6H8O3/c1-7-5-9-6-3-2-4-8-6/h2-4H,5H2,1H3. The van der Waals surface area contributed by atoms with Crippen LogP contribution in [0.15, 0.2) is 22.8 Å². The highest BCUT2D eigenvalue weighted by Crippen LogP contribution is 2.08. The summed E-state index contributed by atoms with van der Waals surface area (Å²) in [5.74, 6) is 0.483. The van der Waals surface area contributed by atoms with Gasteiger partial charge in [-0.25, -0.2) is 0 Å². The zero-order chi connectivity index (χ0) is 6.53. The Bertz CT molecular complexity index is 145. The van der Waals surface area contributed by atoms with Crippen molar-refractivity contribution in [2.24, 2.45) is 0 Å². The number of hydrogen-bond donors (Lipinski definition) is 0. The second-order valence-electron chi connectivity index (χ2n) is 1.48. The molecular formula is C6H8O3. The van der Waals surface area contributed by atoms with Gasteiger partial charge in [0.25, 0.3) is 5.95 Å². The molecule has 0 aromatic carbocycles. The van der Waals surface area contributed by atoms with Crippen molar-refractivity contribution in [3.63, 3.8) is 0 Å².